The van der Waals surface area contributed by atoms with Gasteiger partial charge < -0.3 is 19.6 Å². The predicted octanol–water partition coefficient (Wildman–Crippen LogP) is 0.775. The lowest BCUT2D eigenvalue weighted by atomic mass is 9.94. The normalized spacial score (nSPS) is 21.4. The average Bonchev–Trinajstić information content (AvgIpc) is 2.73. The van der Waals surface area contributed by atoms with Gasteiger partial charge in [-0.3, -0.25) is 19.3 Å². The van der Waals surface area contributed by atoms with Gasteiger partial charge in [0.25, 0.3) is 5.91 Å². The standard InChI is InChI=1S/C20H27N3O5/c1-21-10-11-23(13-17(21)20(26)27)18(24)14-6-8-22(9-7-14)19(25)15-4-3-5-16(12-15)28-2/h3-5,12,14,17H,6-11,13H2,1-2H3,(H,26,27)/t17-/m1/s1. The van der Waals surface area contributed by atoms with E-state index in [0.717, 1.165) is 0 Å². The number of carboxylic acid groups (broad SMARTS) is 1. The zero-order valence-electron chi connectivity index (χ0n) is 16.3. The number of likely N-dealkylation sites (N-methyl/N-ethyl adjacent to an activating group) is 1. The van der Waals surface area contributed by atoms with Crippen molar-refractivity contribution in [2.24, 2.45) is 5.92 Å². The Morgan fingerprint density at radius 2 is 1.79 bits per heavy atom. The second-order valence-corrected chi connectivity index (χ2v) is 7.42. The van der Waals surface area contributed by atoms with Crippen LogP contribution in [0.2, 0.25) is 0 Å². The number of rotatable bonds is 4. The van der Waals surface area contributed by atoms with Crippen LogP contribution in [0.1, 0.15) is 23.2 Å². The number of aliphatic carboxylic acids is 1. The summed E-state index contributed by atoms with van der Waals surface area (Å²) in [7, 11) is 3.33. The third kappa shape index (κ3) is 4.27. The molecule has 0 bridgehead atoms. The SMILES string of the molecule is COc1cccc(C(=O)N2CCC(C(=O)N3CCN(C)[C@@H](C(=O)O)C3)CC2)c1. The zero-order valence-corrected chi connectivity index (χ0v) is 16.3. The Balaban J connectivity index is 1.56. The van der Waals surface area contributed by atoms with Gasteiger partial charge >= 0.3 is 5.97 Å². The maximum atomic E-state index is 12.9. The number of likely N-dealkylation sites (tertiary alicyclic amines) is 1. The van der Waals surface area contributed by atoms with Crippen LogP contribution in [0, 0.1) is 5.92 Å². The third-order valence-electron chi connectivity index (χ3n) is 5.69. The Kier molecular flexibility index (Phi) is 6.18. The number of amides is 2. The molecule has 2 saturated heterocycles. The number of piperidine rings is 1. The van der Waals surface area contributed by atoms with Crippen molar-refractivity contribution in [3.8, 4) is 5.75 Å². The maximum Gasteiger partial charge on any atom is 0.322 e. The lowest BCUT2D eigenvalue weighted by Gasteiger charge is -2.40. The van der Waals surface area contributed by atoms with Crippen LogP contribution in [0.4, 0.5) is 0 Å². The molecule has 0 spiro atoms. The quantitative estimate of drug-likeness (QED) is 0.818. The van der Waals surface area contributed by atoms with Gasteiger partial charge in [0.15, 0.2) is 0 Å². The highest BCUT2D eigenvalue weighted by molar-refractivity contribution is 5.94. The highest BCUT2D eigenvalue weighted by Crippen LogP contribution is 2.23. The molecule has 8 nitrogen and oxygen atoms in total. The summed E-state index contributed by atoms with van der Waals surface area (Å²) in [5.41, 5.74) is 0.576. The highest BCUT2D eigenvalue weighted by atomic mass is 16.5. The van der Waals surface area contributed by atoms with Crippen molar-refractivity contribution in [2.75, 3.05) is 46.9 Å². The van der Waals surface area contributed by atoms with E-state index in [-0.39, 0.29) is 24.3 Å². The van der Waals surface area contributed by atoms with Crippen molar-refractivity contribution in [1.29, 1.82) is 0 Å². The molecule has 0 aliphatic carbocycles. The summed E-state index contributed by atoms with van der Waals surface area (Å²) in [5, 5.41) is 9.33. The number of benzene rings is 1. The van der Waals surface area contributed by atoms with Crippen LogP contribution in [0.15, 0.2) is 24.3 Å². The molecular weight excluding hydrogens is 362 g/mol. The molecule has 2 amide bonds. The molecule has 2 aliphatic heterocycles. The molecule has 8 heteroatoms. The fraction of sp³-hybridized carbons (Fsp3) is 0.550. The fourth-order valence-corrected chi connectivity index (χ4v) is 3.87. The Bertz CT molecular complexity index is 745. The molecule has 0 saturated carbocycles. The molecule has 2 fully saturated rings. The Morgan fingerprint density at radius 1 is 1.07 bits per heavy atom. The van der Waals surface area contributed by atoms with E-state index in [0.29, 0.717) is 50.3 Å². The van der Waals surface area contributed by atoms with E-state index in [1.165, 1.54) is 0 Å². The summed E-state index contributed by atoms with van der Waals surface area (Å²) in [4.78, 5) is 42.1. The molecule has 0 radical (unpaired) electrons. The van der Waals surface area contributed by atoms with Crippen molar-refractivity contribution >= 4 is 17.8 Å². The van der Waals surface area contributed by atoms with E-state index in [4.69, 9.17) is 4.74 Å². The van der Waals surface area contributed by atoms with E-state index in [1.807, 2.05) is 0 Å². The van der Waals surface area contributed by atoms with Gasteiger partial charge in [0.05, 0.1) is 7.11 Å². The lowest BCUT2D eigenvalue weighted by Crippen LogP contribution is -2.57. The van der Waals surface area contributed by atoms with E-state index >= 15 is 0 Å². The van der Waals surface area contributed by atoms with E-state index in [2.05, 4.69) is 0 Å². The number of carboxylic acids is 1. The summed E-state index contributed by atoms with van der Waals surface area (Å²) in [6, 6.07) is 6.40. The minimum Gasteiger partial charge on any atom is -0.497 e. The fourth-order valence-electron chi connectivity index (χ4n) is 3.87. The summed E-state index contributed by atoms with van der Waals surface area (Å²) in [5.74, 6) is -0.479. The van der Waals surface area contributed by atoms with Crippen LogP contribution in [-0.4, -0.2) is 90.5 Å². The van der Waals surface area contributed by atoms with Crippen molar-refractivity contribution < 1.29 is 24.2 Å². The lowest BCUT2D eigenvalue weighted by molar-refractivity contribution is -0.149. The molecule has 28 heavy (non-hydrogen) atoms. The average molecular weight is 389 g/mol. The molecule has 2 aliphatic rings. The van der Waals surface area contributed by atoms with Gasteiger partial charge in [0.2, 0.25) is 5.91 Å². The molecule has 152 valence electrons. The first-order valence-electron chi connectivity index (χ1n) is 9.56. The number of nitrogens with zero attached hydrogens (tertiary/aromatic N) is 3. The van der Waals surface area contributed by atoms with Gasteiger partial charge in [-0.2, -0.15) is 0 Å². The zero-order chi connectivity index (χ0) is 20.3. The van der Waals surface area contributed by atoms with Crippen LogP contribution >= 0.6 is 0 Å². The van der Waals surface area contributed by atoms with Gasteiger partial charge in [-0.15, -0.1) is 0 Å². The number of ether oxygens (including phenoxy) is 1. The van der Waals surface area contributed by atoms with Gasteiger partial charge in [0, 0.05) is 44.2 Å². The number of carbonyl (C=O) groups is 3. The Labute approximate surface area is 164 Å². The number of hydrogen-bond donors (Lipinski definition) is 1. The molecule has 1 aromatic carbocycles. The second kappa shape index (κ2) is 8.60. The predicted molar refractivity (Wildman–Crippen MR) is 102 cm³/mol. The number of methoxy groups -OCH3 is 1. The molecule has 0 unspecified atom stereocenters. The number of piperazine rings is 1. The first kappa shape index (κ1) is 20.1. The third-order valence-corrected chi connectivity index (χ3v) is 5.69. The summed E-state index contributed by atoms with van der Waals surface area (Å²) < 4.78 is 5.17. The number of carbonyl (C=O) groups excluding carboxylic acids is 2. The van der Waals surface area contributed by atoms with E-state index < -0.39 is 12.0 Å². The summed E-state index contributed by atoms with van der Waals surface area (Å²) in [6.45, 7) is 2.34. The van der Waals surface area contributed by atoms with Crippen molar-refractivity contribution in [2.45, 2.75) is 18.9 Å². The minimum absolute atomic E-state index is 0.00725. The van der Waals surface area contributed by atoms with Gasteiger partial charge in [-0.1, -0.05) is 6.07 Å². The van der Waals surface area contributed by atoms with Crippen molar-refractivity contribution in [3.63, 3.8) is 0 Å². The Hall–Kier alpha value is -2.61. The summed E-state index contributed by atoms with van der Waals surface area (Å²) in [6.07, 6.45) is 1.19. The molecule has 2 heterocycles. The van der Waals surface area contributed by atoms with Gasteiger partial charge in [-0.05, 0) is 38.1 Å². The van der Waals surface area contributed by atoms with Crippen LogP contribution in [0.25, 0.3) is 0 Å². The Morgan fingerprint density at radius 3 is 2.43 bits per heavy atom. The van der Waals surface area contributed by atoms with Crippen LogP contribution in [0.5, 0.6) is 5.75 Å². The molecule has 3 rings (SSSR count). The monoisotopic (exact) mass is 389 g/mol. The topological polar surface area (TPSA) is 90.4 Å². The first-order chi connectivity index (χ1) is 13.4. The van der Waals surface area contributed by atoms with Crippen molar-refractivity contribution in [1.82, 2.24) is 14.7 Å². The number of hydrogen-bond acceptors (Lipinski definition) is 5. The van der Waals surface area contributed by atoms with Gasteiger partial charge in [0.1, 0.15) is 11.8 Å². The highest BCUT2D eigenvalue weighted by Gasteiger charge is 2.36. The molecule has 1 aromatic rings. The maximum absolute atomic E-state index is 12.9. The smallest absolute Gasteiger partial charge is 0.322 e. The first-order valence-corrected chi connectivity index (χ1v) is 9.56. The van der Waals surface area contributed by atoms with Crippen LogP contribution in [-0.2, 0) is 9.59 Å². The van der Waals surface area contributed by atoms with E-state index in [1.54, 1.807) is 53.1 Å². The van der Waals surface area contributed by atoms with Crippen LogP contribution in [0.3, 0.4) is 0 Å². The minimum atomic E-state index is -0.904. The molecule has 1 atom stereocenters. The van der Waals surface area contributed by atoms with Crippen molar-refractivity contribution in [3.05, 3.63) is 29.8 Å². The van der Waals surface area contributed by atoms with Crippen LogP contribution < -0.4 is 4.74 Å². The second-order valence-electron chi connectivity index (χ2n) is 7.42. The van der Waals surface area contributed by atoms with Gasteiger partial charge in [-0.25, -0.2) is 0 Å². The largest absolute Gasteiger partial charge is 0.497 e. The molecule has 1 N–H and O–H groups in total. The van der Waals surface area contributed by atoms with E-state index in [9.17, 15) is 19.5 Å². The molecular formula is C20H27N3O5. The molecule has 0 aromatic heterocycles. The summed E-state index contributed by atoms with van der Waals surface area (Å²) >= 11 is 0.